The molecule has 0 saturated carbocycles. The molecule has 16 heavy (non-hydrogen) atoms. The van der Waals surface area contributed by atoms with Crippen LogP contribution >= 0.6 is 11.8 Å². The number of aromatic nitrogens is 2. The molecule has 0 unspecified atom stereocenters. The highest BCUT2D eigenvalue weighted by atomic mass is 32.2. The highest BCUT2D eigenvalue weighted by Crippen LogP contribution is 2.09. The van der Waals surface area contributed by atoms with Gasteiger partial charge in [0.2, 0.25) is 0 Å². The maximum Gasteiger partial charge on any atom is 0.273 e. The lowest BCUT2D eigenvalue weighted by molar-refractivity contribution is 0.882. The van der Waals surface area contributed by atoms with Gasteiger partial charge in [-0.3, -0.25) is 4.79 Å². The fourth-order valence-corrected chi connectivity index (χ4v) is 1.90. The Morgan fingerprint density at radius 2 is 2.06 bits per heavy atom. The number of benzene rings is 1. The molecule has 0 atom stereocenters. The van der Waals surface area contributed by atoms with Crippen LogP contribution in [-0.4, -0.2) is 16.2 Å². The molecule has 0 radical (unpaired) electrons. The summed E-state index contributed by atoms with van der Waals surface area (Å²) in [5.74, 6) is 0. The van der Waals surface area contributed by atoms with E-state index in [-0.39, 0.29) is 5.56 Å². The predicted molar refractivity (Wildman–Crippen MR) is 65.9 cm³/mol. The van der Waals surface area contributed by atoms with E-state index in [4.69, 9.17) is 0 Å². The maximum absolute atomic E-state index is 11.3. The lowest BCUT2D eigenvalue weighted by Crippen LogP contribution is -2.10. The average molecular weight is 232 g/mol. The van der Waals surface area contributed by atoms with Gasteiger partial charge in [-0.05, 0) is 11.8 Å². The molecule has 82 valence electrons. The summed E-state index contributed by atoms with van der Waals surface area (Å²) >= 11 is 1.44. The van der Waals surface area contributed by atoms with Crippen molar-refractivity contribution < 1.29 is 0 Å². The van der Waals surface area contributed by atoms with Crippen LogP contribution in [0.2, 0.25) is 0 Å². The number of aromatic amines is 1. The van der Waals surface area contributed by atoms with Crippen LogP contribution in [-0.2, 0) is 6.42 Å². The zero-order chi connectivity index (χ0) is 11.4. The molecular weight excluding hydrogens is 220 g/mol. The van der Waals surface area contributed by atoms with E-state index in [1.807, 2.05) is 36.6 Å². The van der Waals surface area contributed by atoms with E-state index in [0.29, 0.717) is 5.16 Å². The lowest BCUT2D eigenvalue weighted by Gasteiger charge is -2.03. The number of thioether (sulfide) groups is 1. The minimum Gasteiger partial charge on any atom is -0.338 e. The molecule has 0 spiro atoms. The first kappa shape index (κ1) is 11.0. The second-order valence-corrected chi connectivity index (χ2v) is 4.21. The smallest absolute Gasteiger partial charge is 0.273 e. The molecule has 2 aromatic rings. The maximum atomic E-state index is 11.3. The normalized spacial score (nSPS) is 10.3. The van der Waals surface area contributed by atoms with Gasteiger partial charge >= 0.3 is 0 Å². The summed E-state index contributed by atoms with van der Waals surface area (Å²) in [6.07, 6.45) is 2.62. The Balaban J connectivity index is 2.28. The zero-order valence-electron chi connectivity index (χ0n) is 8.93. The topological polar surface area (TPSA) is 45.8 Å². The summed E-state index contributed by atoms with van der Waals surface area (Å²) < 4.78 is 0. The molecule has 0 amide bonds. The number of H-pyrrole nitrogens is 1. The monoisotopic (exact) mass is 232 g/mol. The Labute approximate surface area is 97.9 Å². The van der Waals surface area contributed by atoms with Crippen molar-refractivity contribution in [2.45, 2.75) is 11.6 Å². The first-order chi connectivity index (χ1) is 7.78. The largest absolute Gasteiger partial charge is 0.338 e. The van der Waals surface area contributed by atoms with Gasteiger partial charge in [0.15, 0.2) is 5.16 Å². The van der Waals surface area contributed by atoms with Crippen molar-refractivity contribution in [2.24, 2.45) is 0 Å². The van der Waals surface area contributed by atoms with Crippen molar-refractivity contribution in [2.75, 3.05) is 6.26 Å². The summed E-state index contributed by atoms with van der Waals surface area (Å²) in [6, 6.07) is 11.6. The molecule has 4 heteroatoms. The summed E-state index contributed by atoms with van der Waals surface area (Å²) in [4.78, 5) is 18.3. The van der Waals surface area contributed by atoms with E-state index in [1.165, 1.54) is 17.3 Å². The molecule has 0 bridgehead atoms. The van der Waals surface area contributed by atoms with Crippen molar-refractivity contribution in [3.8, 4) is 0 Å². The van der Waals surface area contributed by atoms with Crippen LogP contribution in [0.4, 0.5) is 0 Å². The predicted octanol–water partition coefficient (Wildman–Crippen LogP) is 2.08. The minimum absolute atomic E-state index is 0.186. The second-order valence-electron chi connectivity index (χ2n) is 3.42. The van der Waals surface area contributed by atoms with Crippen LogP contribution in [0.3, 0.4) is 0 Å². The molecule has 3 nitrogen and oxygen atoms in total. The van der Waals surface area contributed by atoms with E-state index in [2.05, 4.69) is 9.97 Å². The Morgan fingerprint density at radius 1 is 1.31 bits per heavy atom. The molecule has 1 N–H and O–H groups in total. The van der Waals surface area contributed by atoms with Crippen LogP contribution in [0.15, 0.2) is 46.3 Å². The van der Waals surface area contributed by atoms with E-state index in [1.54, 1.807) is 6.07 Å². The van der Waals surface area contributed by atoms with Crippen LogP contribution in [0, 0.1) is 0 Å². The number of nitrogens with zero attached hydrogens (tertiary/aromatic N) is 1. The van der Waals surface area contributed by atoms with Gasteiger partial charge in [0.1, 0.15) is 0 Å². The first-order valence-corrected chi connectivity index (χ1v) is 6.18. The van der Waals surface area contributed by atoms with Crippen molar-refractivity contribution >= 4 is 11.8 Å². The van der Waals surface area contributed by atoms with Crippen molar-refractivity contribution in [3.63, 3.8) is 0 Å². The number of hydrogen-bond acceptors (Lipinski definition) is 3. The van der Waals surface area contributed by atoms with Gasteiger partial charge < -0.3 is 4.98 Å². The molecule has 0 aliphatic rings. The Morgan fingerprint density at radius 3 is 2.75 bits per heavy atom. The van der Waals surface area contributed by atoms with Crippen LogP contribution in [0.1, 0.15) is 11.3 Å². The number of rotatable bonds is 3. The Kier molecular flexibility index (Phi) is 3.41. The van der Waals surface area contributed by atoms with Crippen molar-refractivity contribution in [3.05, 3.63) is 58.0 Å². The minimum atomic E-state index is -0.186. The third-order valence-corrected chi connectivity index (χ3v) is 2.79. The van der Waals surface area contributed by atoms with Crippen molar-refractivity contribution in [1.82, 2.24) is 9.97 Å². The highest BCUT2D eigenvalue weighted by Gasteiger charge is 2.00. The van der Waals surface area contributed by atoms with Crippen molar-refractivity contribution in [1.29, 1.82) is 0 Å². The molecule has 0 saturated heterocycles. The Hall–Kier alpha value is -1.55. The molecule has 1 aromatic carbocycles. The Bertz CT molecular complexity index is 522. The van der Waals surface area contributed by atoms with E-state index in [9.17, 15) is 4.79 Å². The SMILES string of the molecule is CSc1nc(=O)cc(Cc2ccccc2)[nH]1. The highest BCUT2D eigenvalue weighted by molar-refractivity contribution is 7.98. The molecule has 0 fully saturated rings. The average Bonchev–Trinajstić information content (AvgIpc) is 2.29. The second kappa shape index (κ2) is 4.99. The summed E-state index contributed by atoms with van der Waals surface area (Å²) in [6.45, 7) is 0. The standard InChI is InChI=1S/C12H12N2OS/c1-16-12-13-10(8-11(15)14-12)7-9-5-3-2-4-6-9/h2-6,8H,7H2,1H3,(H,13,14,15). The molecule has 2 rings (SSSR count). The zero-order valence-corrected chi connectivity index (χ0v) is 9.75. The van der Waals surface area contributed by atoms with Gasteiger partial charge in [0.05, 0.1) is 0 Å². The molecule has 1 heterocycles. The van der Waals surface area contributed by atoms with Crippen LogP contribution in [0.5, 0.6) is 0 Å². The number of nitrogens with one attached hydrogen (secondary N) is 1. The van der Waals surface area contributed by atoms with Gasteiger partial charge in [0.25, 0.3) is 5.56 Å². The summed E-state index contributed by atoms with van der Waals surface area (Å²) in [5.41, 5.74) is 1.89. The van der Waals surface area contributed by atoms with E-state index < -0.39 is 0 Å². The van der Waals surface area contributed by atoms with Gasteiger partial charge in [0, 0.05) is 18.2 Å². The fourth-order valence-electron chi connectivity index (χ4n) is 1.49. The number of hydrogen-bond donors (Lipinski definition) is 1. The third kappa shape index (κ3) is 2.73. The quantitative estimate of drug-likeness (QED) is 0.651. The molecule has 0 aliphatic heterocycles. The van der Waals surface area contributed by atoms with Gasteiger partial charge in [-0.15, -0.1) is 0 Å². The van der Waals surface area contributed by atoms with Gasteiger partial charge in [-0.1, -0.05) is 42.1 Å². The van der Waals surface area contributed by atoms with Gasteiger partial charge in [-0.25, -0.2) is 0 Å². The van der Waals surface area contributed by atoms with E-state index >= 15 is 0 Å². The van der Waals surface area contributed by atoms with Crippen LogP contribution in [0.25, 0.3) is 0 Å². The molecule has 1 aromatic heterocycles. The first-order valence-electron chi connectivity index (χ1n) is 4.96. The molecular formula is C12H12N2OS. The molecule has 0 aliphatic carbocycles. The fraction of sp³-hybridized carbons (Fsp3) is 0.167. The summed E-state index contributed by atoms with van der Waals surface area (Å²) in [5, 5.41) is 0.665. The van der Waals surface area contributed by atoms with Gasteiger partial charge in [-0.2, -0.15) is 4.98 Å². The lowest BCUT2D eigenvalue weighted by atomic mass is 10.1. The van der Waals surface area contributed by atoms with Crippen LogP contribution < -0.4 is 5.56 Å². The third-order valence-electron chi connectivity index (χ3n) is 2.21. The van der Waals surface area contributed by atoms with E-state index in [0.717, 1.165) is 12.1 Å². The summed E-state index contributed by atoms with van der Waals surface area (Å²) in [7, 11) is 0.